The van der Waals surface area contributed by atoms with E-state index in [1.807, 2.05) is 13.8 Å². The van der Waals surface area contributed by atoms with Crippen molar-refractivity contribution < 1.29 is 28.7 Å². The number of benzene rings is 2. The number of ether oxygens (including phenoxy) is 2. The van der Waals surface area contributed by atoms with Gasteiger partial charge < -0.3 is 14.4 Å². The minimum absolute atomic E-state index is 0.0744. The quantitative estimate of drug-likeness (QED) is 0.338. The van der Waals surface area contributed by atoms with Crippen LogP contribution in [-0.4, -0.2) is 36.8 Å². The molecule has 5 atom stereocenters. The van der Waals surface area contributed by atoms with Gasteiger partial charge in [0.15, 0.2) is 0 Å². The minimum atomic E-state index is -0.587. The van der Waals surface area contributed by atoms with Gasteiger partial charge in [0, 0.05) is 18.7 Å². The van der Waals surface area contributed by atoms with Crippen molar-refractivity contribution in [1.82, 2.24) is 0 Å². The van der Waals surface area contributed by atoms with Crippen LogP contribution in [-0.2, 0) is 19.2 Å². The summed E-state index contributed by atoms with van der Waals surface area (Å²) < 4.78 is 11.1. The first-order chi connectivity index (χ1) is 17.9. The van der Waals surface area contributed by atoms with E-state index >= 15 is 0 Å². The normalized spacial score (nSPS) is 28.3. The van der Waals surface area contributed by atoms with Crippen LogP contribution in [0.25, 0.3) is 0 Å². The van der Waals surface area contributed by atoms with Crippen LogP contribution in [0.3, 0.4) is 0 Å². The van der Waals surface area contributed by atoms with Gasteiger partial charge in [-0.1, -0.05) is 0 Å². The van der Waals surface area contributed by atoms with Crippen LogP contribution in [0.15, 0.2) is 42.5 Å². The number of carbonyl (C=O) groups is 4. The van der Waals surface area contributed by atoms with Crippen LogP contribution in [0, 0.1) is 36.5 Å². The lowest BCUT2D eigenvalue weighted by molar-refractivity contribution is -0.139. The molecule has 192 valence electrons. The Balaban J connectivity index is 1.13. The number of anilines is 2. The lowest BCUT2D eigenvalue weighted by atomic mass is 9.81. The topological polar surface area (TPSA) is 93.2 Å². The van der Waals surface area contributed by atoms with Gasteiger partial charge in [0.2, 0.25) is 17.7 Å². The van der Waals surface area contributed by atoms with Crippen LogP contribution >= 0.6 is 0 Å². The van der Waals surface area contributed by atoms with Gasteiger partial charge in [-0.25, -0.2) is 4.90 Å². The van der Waals surface area contributed by atoms with Crippen molar-refractivity contribution in [3.63, 3.8) is 0 Å². The molecule has 2 aliphatic heterocycles. The highest BCUT2D eigenvalue weighted by molar-refractivity contribution is 6.23. The van der Waals surface area contributed by atoms with Gasteiger partial charge >= 0.3 is 5.97 Å². The van der Waals surface area contributed by atoms with Crippen LogP contribution in [0.1, 0.15) is 38.2 Å². The molecule has 2 aromatic carbocycles. The lowest BCUT2D eigenvalue weighted by Crippen LogP contribution is -2.33. The van der Waals surface area contributed by atoms with E-state index in [1.165, 1.54) is 4.90 Å². The van der Waals surface area contributed by atoms with E-state index in [0.29, 0.717) is 41.1 Å². The zero-order chi connectivity index (χ0) is 25.8. The van der Waals surface area contributed by atoms with Crippen LogP contribution in [0.2, 0.25) is 0 Å². The van der Waals surface area contributed by atoms with E-state index in [9.17, 15) is 19.2 Å². The largest absolute Gasteiger partial charge is 0.494 e. The molecule has 8 heteroatoms. The molecule has 0 spiro atoms. The first-order valence-electron chi connectivity index (χ1n) is 13.1. The Morgan fingerprint density at radius 3 is 2.22 bits per heavy atom. The Morgan fingerprint density at radius 2 is 1.59 bits per heavy atom. The maximum Gasteiger partial charge on any atom is 0.316 e. The zero-order valence-corrected chi connectivity index (χ0v) is 21.0. The summed E-state index contributed by atoms with van der Waals surface area (Å²) in [5.74, 6) is -0.0301. The van der Waals surface area contributed by atoms with Gasteiger partial charge in [0.1, 0.15) is 11.5 Å². The fourth-order valence-corrected chi connectivity index (χ4v) is 6.79. The smallest absolute Gasteiger partial charge is 0.316 e. The maximum absolute atomic E-state index is 13.2. The van der Waals surface area contributed by atoms with Gasteiger partial charge in [-0.15, -0.1) is 0 Å². The van der Waals surface area contributed by atoms with Crippen molar-refractivity contribution in [2.75, 3.05) is 23.0 Å². The Labute approximate surface area is 215 Å². The van der Waals surface area contributed by atoms with E-state index in [0.717, 1.165) is 25.0 Å². The van der Waals surface area contributed by atoms with Crippen molar-refractivity contribution >= 4 is 35.1 Å². The summed E-state index contributed by atoms with van der Waals surface area (Å²) in [4.78, 5) is 54.8. The summed E-state index contributed by atoms with van der Waals surface area (Å²) in [6, 6.07) is 12.2. The summed E-state index contributed by atoms with van der Waals surface area (Å²) in [6.07, 6.45) is 3.14. The van der Waals surface area contributed by atoms with Gasteiger partial charge in [-0.05, 0) is 93.0 Å². The molecule has 3 amide bonds. The molecule has 0 N–H and O–H groups in total. The molecule has 2 aliphatic carbocycles. The Hall–Kier alpha value is -3.68. The zero-order valence-electron chi connectivity index (χ0n) is 21.0. The number of hydrogen-bond acceptors (Lipinski definition) is 6. The van der Waals surface area contributed by atoms with Crippen molar-refractivity contribution in [1.29, 1.82) is 0 Å². The molecule has 2 heterocycles. The van der Waals surface area contributed by atoms with Crippen LogP contribution in [0.4, 0.5) is 11.4 Å². The number of aryl methyl sites for hydroxylation is 1. The predicted molar refractivity (Wildman–Crippen MR) is 135 cm³/mol. The molecular weight excluding hydrogens is 472 g/mol. The maximum atomic E-state index is 13.2. The van der Waals surface area contributed by atoms with E-state index < -0.39 is 11.9 Å². The number of imide groups is 1. The van der Waals surface area contributed by atoms with Crippen molar-refractivity contribution in [3.05, 3.63) is 48.0 Å². The predicted octanol–water partition coefficient (Wildman–Crippen LogP) is 3.89. The number of fused-ring (bicyclic) bond motifs is 5. The number of carbonyl (C=O) groups excluding carboxylic acids is 4. The first-order valence-corrected chi connectivity index (χ1v) is 13.1. The van der Waals surface area contributed by atoms with E-state index in [-0.39, 0.29) is 42.5 Å². The molecule has 4 fully saturated rings. The number of amides is 3. The number of rotatable bonds is 6. The van der Waals surface area contributed by atoms with Gasteiger partial charge in [0.05, 0.1) is 30.0 Å². The second-order valence-corrected chi connectivity index (χ2v) is 10.6. The fourth-order valence-electron chi connectivity index (χ4n) is 6.79. The van der Waals surface area contributed by atoms with Crippen molar-refractivity contribution in [2.45, 2.75) is 39.5 Å². The average molecular weight is 503 g/mol. The molecular formula is C29H30N2O6. The minimum Gasteiger partial charge on any atom is -0.494 e. The highest BCUT2D eigenvalue weighted by Crippen LogP contribution is 2.56. The molecule has 2 bridgehead atoms. The third kappa shape index (κ3) is 3.90. The molecule has 2 saturated carbocycles. The van der Waals surface area contributed by atoms with Gasteiger partial charge in [-0.3, -0.25) is 19.2 Å². The Morgan fingerprint density at radius 1 is 0.946 bits per heavy atom. The highest BCUT2D eigenvalue weighted by atomic mass is 16.5. The molecule has 0 aromatic heterocycles. The van der Waals surface area contributed by atoms with Crippen molar-refractivity contribution in [3.8, 4) is 11.5 Å². The lowest BCUT2D eigenvalue weighted by Gasteiger charge is -2.20. The number of hydrogen-bond donors (Lipinski definition) is 0. The summed E-state index contributed by atoms with van der Waals surface area (Å²) in [7, 11) is 0. The Bertz CT molecular complexity index is 1260. The molecule has 6 rings (SSSR count). The molecule has 0 radical (unpaired) electrons. The third-order valence-corrected chi connectivity index (χ3v) is 8.47. The summed E-state index contributed by atoms with van der Waals surface area (Å²) in [5.41, 5.74) is 1.96. The second-order valence-electron chi connectivity index (χ2n) is 10.6. The standard InChI is InChI=1S/C29H30N2O6/c1-3-36-21-8-6-20(7-9-21)30-15-19(14-24(30)32)29(35)37-22-10-11-23(16(2)12-22)31-27(33)25-17-4-5-18(13-17)26(25)28(31)34/h6-12,17-19,25-26H,3-5,13-15H2,1-2H3/t17-,18-,19+,25-,26+/m0/s1. The Kier molecular flexibility index (Phi) is 5.77. The molecule has 8 nitrogen and oxygen atoms in total. The van der Waals surface area contributed by atoms with E-state index in [1.54, 1.807) is 47.4 Å². The van der Waals surface area contributed by atoms with E-state index in [2.05, 4.69) is 0 Å². The van der Waals surface area contributed by atoms with Crippen LogP contribution in [0.5, 0.6) is 11.5 Å². The monoisotopic (exact) mass is 502 g/mol. The summed E-state index contributed by atoms with van der Waals surface area (Å²) in [5, 5.41) is 0. The molecule has 4 aliphatic rings. The second kappa shape index (κ2) is 9.01. The van der Waals surface area contributed by atoms with Crippen molar-refractivity contribution in [2.24, 2.45) is 29.6 Å². The molecule has 2 saturated heterocycles. The highest BCUT2D eigenvalue weighted by Gasteiger charge is 2.61. The SMILES string of the molecule is CCOc1ccc(N2C[C@H](C(=O)Oc3ccc(N4C(=O)[C@@H]5[C@H]6CC[C@@H](C6)[C@@H]5C4=O)c(C)c3)CC2=O)cc1. The molecule has 37 heavy (non-hydrogen) atoms. The third-order valence-electron chi connectivity index (χ3n) is 8.47. The molecule has 2 aromatic rings. The number of nitrogens with zero attached hydrogens (tertiary/aromatic N) is 2. The molecule has 0 unspecified atom stereocenters. The van der Waals surface area contributed by atoms with Gasteiger partial charge in [0.25, 0.3) is 0 Å². The summed E-state index contributed by atoms with van der Waals surface area (Å²) in [6.45, 7) is 4.51. The average Bonchev–Trinajstić information content (AvgIpc) is 3.64. The fraction of sp³-hybridized carbons (Fsp3) is 0.448. The van der Waals surface area contributed by atoms with Gasteiger partial charge in [-0.2, -0.15) is 0 Å². The van der Waals surface area contributed by atoms with Crippen LogP contribution < -0.4 is 19.3 Å². The first kappa shape index (κ1) is 23.7. The summed E-state index contributed by atoms with van der Waals surface area (Å²) >= 11 is 0. The number of esters is 1. The van der Waals surface area contributed by atoms with E-state index in [4.69, 9.17) is 9.47 Å².